The van der Waals surface area contributed by atoms with Gasteiger partial charge in [-0.05, 0) is 18.6 Å². The molecular weight excluding hydrogens is 242 g/mol. The van der Waals surface area contributed by atoms with Gasteiger partial charge in [0.25, 0.3) is 0 Å². The van der Waals surface area contributed by atoms with Crippen LogP contribution in [0.25, 0.3) is 11.0 Å². The Hall–Kier alpha value is -1.59. The fourth-order valence-corrected chi connectivity index (χ4v) is 2.72. The van der Waals surface area contributed by atoms with Gasteiger partial charge in [-0.3, -0.25) is 0 Å². The van der Waals surface area contributed by atoms with Crippen molar-refractivity contribution in [3.63, 3.8) is 0 Å². The molecule has 2 unspecified atom stereocenters. The second kappa shape index (κ2) is 4.83. The topological polar surface area (TPSA) is 48.3 Å². The van der Waals surface area contributed by atoms with Gasteiger partial charge in [-0.15, -0.1) is 0 Å². The molecule has 0 radical (unpaired) electrons. The molecule has 1 aromatic heterocycles. The van der Waals surface area contributed by atoms with E-state index < -0.39 is 0 Å². The number of imidazole rings is 1. The van der Waals surface area contributed by atoms with Crippen molar-refractivity contribution < 1.29 is 9.47 Å². The van der Waals surface area contributed by atoms with E-state index in [-0.39, 0.29) is 12.1 Å². The molecule has 0 saturated carbocycles. The summed E-state index contributed by atoms with van der Waals surface area (Å²) in [5.74, 6) is 1.90. The highest BCUT2D eigenvalue weighted by Gasteiger charge is 2.28. The summed E-state index contributed by atoms with van der Waals surface area (Å²) >= 11 is 0. The molecule has 2 aromatic rings. The Morgan fingerprint density at radius 1 is 1.37 bits per heavy atom. The van der Waals surface area contributed by atoms with E-state index in [0.717, 1.165) is 35.6 Å². The first kappa shape index (κ1) is 12.4. The third kappa shape index (κ3) is 2.09. The van der Waals surface area contributed by atoms with E-state index >= 15 is 0 Å². The number of rotatable bonds is 3. The highest BCUT2D eigenvalue weighted by molar-refractivity contribution is 5.77. The predicted octanol–water partition coefficient (Wildman–Crippen LogP) is 1.63. The van der Waals surface area contributed by atoms with Gasteiger partial charge in [0.05, 0.1) is 30.3 Å². The predicted molar refractivity (Wildman–Crippen MR) is 73.4 cm³/mol. The average molecular weight is 261 g/mol. The summed E-state index contributed by atoms with van der Waals surface area (Å²) in [4.78, 5) is 4.74. The fourth-order valence-electron chi connectivity index (χ4n) is 2.72. The van der Waals surface area contributed by atoms with Gasteiger partial charge in [-0.2, -0.15) is 0 Å². The maximum Gasteiger partial charge on any atom is 0.126 e. The molecule has 1 N–H and O–H groups in total. The molecule has 0 spiro atoms. The Labute approximate surface area is 112 Å². The first-order valence-corrected chi connectivity index (χ1v) is 6.49. The highest BCUT2D eigenvalue weighted by Crippen LogP contribution is 2.28. The maximum absolute atomic E-state index is 5.39. The van der Waals surface area contributed by atoms with Crippen LogP contribution in [0.2, 0.25) is 0 Å². The van der Waals surface area contributed by atoms with Crippen molar-refractivity contribution in [2.45, 2.75) is 18.6 Å². The summed E-state index contributed by atoms with van der Waals surface area (Å²) in [7, 11) is 5.49. The van der Waals surface area contributed by atoms with Crippen LogP contribution < -0.4 is 10.1 Å². The van der Waals surface area contributed by atoms with Crippen LogP contribution in [0.5, 0.6) is 5.75 Å². The van der Waals surface area contributed by atoms with Gasteiger partial charge >= 0.3 is 0 Å². The summed E-state index contributed by atoms with van der Waals surface area (Å²) in [6.07, 6.45) is 1.24. The summed E-state index contributed by atoms with van der Waals surface area (Å²) in [6.45, 7) is 0.883. The molecular formula is C14H19N3O2. The first-order chi connectivity index (χ1) is 9.22. The molecule has 19 heavy (non-hydrogen) atoms. The molecule has 1 fully saturated rings. The Bertz CT molecular complexity index is 594. The Morgan fingerprint density at radius 2 is 2.21 bits per heavy atom. The highest BCUT2D eigenvalue weighted by atomic mass is 16.5. The van der Waals surface area contributed by atoms with E-state index in [0.29, 0.717) is 0 Å². The van der Waals surface area contributed by atoms with Crippen LogP contribution in [0, 0.1) is 0 Å². The SMILES string of the molecule is COc1ccc2c(c1)nc(C1CC(OC)CN1)n2C. The zero-order valence-corrected chi connectivity index (χ0v) is 11.5. The standard InChI is InChI=1S/C14H19N3O2/c1-17-13-5-4-9(18-2)6-11(13)16-14(17)12-7-10(19-3)8-15-12/h4-6,10,12,15H,7-8H2,1-3H3. The number of hydrogen-bond donors (Lipinski definition) is 1. The molecule has 1 aliphatic rings. The molecule has 2 heterocycles. The largest absolute Gasteiger partial charge is 0.497 e. The molecule has 5 nitrogen and oxygen atoms in total. The van der Waals surface area contributed by atoms with Crippen molar-refractivity contribution in [1.82, 2.24) is 14.9 Å². The van der Waals surface area contributed by atoms with Crippen molar-refractivity contribution >= 4 is 11.0 Å². The van der Waals surface area contributed by atoms with Crippen LogP contribution in [0.4, 0.5) is 0 Å². The van der Waals surface area contributed by atoms with Crippen molar-refractivity contribution in [1.29, 1.82) is 0 Å². The van der Waals surface area contributed by atoms with Gasteiger partial charge in [-0.1, -0.05) is 0 Å². The number of aromatic nitrogens is 2. The summed E-state index contributed by atoms with van der Waals surface area (Å²) in [5, 5.41) is 3.46. The Morgan fingerprint density at radius 3 is 2.89 bits per heavy atom. The van der Waals surface area contributed by atoms with Gasteiger partial charge in [-0.25, -0.2) is 4.98 Å². The smallest absolute Gasteiger partial charge is 0.126 e. The minimum Gasteiger partial charge on any atom is -0.497 e. The molecule has 2 atom stereocenters. The van der Waals surface area contributed by atoms with Gasteiger partial charge in [0.2, 0.25) is 0 Å². The van der Waals surface area contributed by atoms with Crippen LogP contribution in [0.3, 0.4) is 0 Å². The number of nitrogens with zero attached hydrogens (tertiary/aromatic N) is 2. The van der Waals surface area contributed by atoms with E-state index in [9.17, 15) is 0 Å². The van der Waals surface area contributed by atoms with Crippen LogP contribution in [0.1, 0.15) is 18.3 Å². The second-order valence-electron chi connectivity index (χ2n) is 4.94. The van der Waals surface area contributed by atoms with Gasteiger partial charge < -0.3 is 19.4 Å². The molecule has 3 rings (SSSR count). The normalized spacial score (nSPS) is 23.1. The number of benzene rings is 1. The van der Waals surface area contributed by atoms with Crippen LogP contribution in [0.15, 0.2) is 18.2 Å². The van der Waals surface area contributed by atoms with Crippen molar-refractivity contribution in [3.8, 4) is 5.75 Å². The van der Waals surface area contributed by atoms with Crippen molar-refractivity contribution in [2.75, 3.05) is 20.8 Å². The maximum atomic E-state index is 5.39. The monoisotopic (exact) mass is 261 g/mol. The minimum atomic E-state index is 0.258. The van der Waals surface area contributed by atoms with Gasteiger partial charge in [0.15, 0.2) is 0 Å². The number of ether oxygens (including phenoxy) is 2. The Balaban J connectivity index is 1.98. The molecule has 0 aliphatic carbocycles. The van der Waals surface area contributed by atoms with Crippen LogP contribution in [-0.2, 0) is 11.8 Å². The first-order valence-electron chi connectivity index (χ1n) is 6.49. The number of hydrogen-bond acceptors (Lipinski definition) is 4. The number of fused-ring (bicyclic) bond motifs is 1. The molecule has 0 amide bonds. The number of methoxy groups -OCH3 is 2. The van der Waals surface area contributed by atoms with E-state index in [1.165, 1.54) is 0 Å². The molecule has 1 aromatic carbocycles. The quantitative estimate of drug-likeness (QED) is 0.912. The fraction of sp³-hybridized carbons (Fsp3) is 0.500. The zero-order chi connectivity index (χ0) is 13.4. The summed E-state index contributed by atoms with van der Waals surface area (Å²) in [6, 6.07) is 6.25. The minimum absolute atomic E-state index is 0.258. The zero-order valence-electron chi connectivity index (χ0n) is 11.5. The molecule has 5 heteroatoms. The Kier molecular flexibility index (Phi) is 3.16. The van der Waals surface area contributed by atoms with Gasteiger partial charge in [0, 0.05) is 26.8 Å². The van der Waals surface area contributed by atoms with Crippen LogP contribution >= 0.6 is 0 Å². The van der Waals surface area contributed by atoms with E-state index in [4.69, 9.17) is 14.5 Å². The summed E-state index contributed by atoms with van der Waals surface area (Å²) < 4.78 is 12.8. The second-order valence-corrected chi connectivity index (χ2v) is 4.94. The lowest BCUT2D eigenvalue weighted by atomic mass is 10.2. The molecule has 102 valence electrons. The number of aryl methyl sites for hydroxylation is 1. The molecule has 1 aliphatic heterocycles. The van der Waals surface area contributed by atoms with Gasteiger partial charge in [0.1, 0.15) is 11.6 Å². The number of nitrogens with one attached hydrogen (secondary N) is 1. The summed E-state index contributed by atoms with van der Waals surface area (Å²) in [5.41, 5.74) is 2.10. The third-order valence-electron chi connectivity index (χ3n) is 3.86. The average Bonchev–Trinajstić information content (AvgIpc) is 3.03. The van der Waals surface area contributed by atoms with E-state index in [1.807, 2.05) is 18.2 Å². The lowest BCUT2D eigenvalue weighted by Gasteiger charge is -2.10. The lowest BCUT2D eigenvalue weighted by molar-refractivity contribution is 0.117. The van der Waals surface area contributed by atoms with E-state index in [2.05, 4.69) is 16.9 Å². The van der Waals surface area contributed by atoms with E-state index in [1.54, 1.807) is 14.2 Å². The molecule has 0 bridgehead atoms. The third-order valence-corrected chi connectivity index (χ3v) is 3.86. The van der Waals surface area contributed by atoms with Crippen molar-refractivity contribution in [3.05, 3.63) is 24.0 Å². The van der Waals surface area contributed by atoms with Crippen molar-refractivity contribution in [2.24, 2.45) is 7.05 Å². The van der Waals surface area contributed by atoms with Crippen LogP contribution in [-0.4, -0.2) is 36.4 Å². The molecule has 1 saturated heterocycles. The lowest BCUT2D eigenvalue weighted by Crippen LogP contribution is -2.18.